The van der Waals surface area contributed by atoms with Crippen LogP contribution in [0.25, 0.3) is 10.8 Å². The van der Waals surface area contributed by atoms with Crippen molar-refractivity contribution in [2.24, 2.45) is 0 Å². The van der Waals surface area contributed by atoms with E-state index in [0.717, 1.165) is 10.8 Å². The maximum absolute atomic E-state index is 10.6. The molecular formula is C11H9F3N2O2. The van der Waals surface area contributed by atoms with Crippen LogP contribution in [0.5, 0.6) is 0 Å². The smallest absolute Gasteiger partial charge is 0.475 e. The van der Waals surface area contributed by atoms with Crippen LogP contribution in [0, 0.1) is 0 Å². The van der Waals surface area contributed by atoms with Gasteiger partial charge in [0.2, 0.25) is 0 Å². The molecule has 0 bridgehead atoms. The van der Waals surface area contributed by atoms with Gasteiger partial charge in [-0.1, -0.05) is 24.3 Å². The third-order valence-electron chi connectivity index (χ3n) is 1.89. The summed E-state index contributed by atoms with van der Waals surface area (Å²) in [5, 5.41) is 9.39. The van der Waals surface area contributed by atoms with E-state index in [0.29, 0.717) is 5.82 Å². The zero-order chi connectivity index (χ0) is 13.8. The SMILES string of the molecule is Nc1cc2ccccc2cn1.O=C(O)C(F)(F)F. The van der Waals surface area contributed by atoms with Gasteiger partial charge in [0.15, 0.2) is 0 Å². The number of aromatic nitrogens is 1. The molecule has 1 aromatic carbocycles. The van der Waals surface area contributed by atoms with Gasteiger partial charge in [0.25, 0.3) is 0 Å². The number of nitrogens with zero attached hydrogens (tertiary/aromatic N) is 1. The van der Waals surface area contributed by atoms with Crippen molar-refractivity contribution in [1.29, 1.82) is 0 Å². The second-order valence-electron chi connectivity index (χ2n) is 3.26. The molecule has 0 unspecified atom stereocenters. The molecule has 7 heteroatoms. The van der Waals surface area contributed by atoms with E-state index in [4.69, 9.17) is 15.6 Å². The second-order valence-corrected chi connectivity index (χ2v) is 3.26. The molecule has 18 heavy (non-hydrogen) atoms. The van der Waals surface area contributed by atoms with E-state index >= 15 is 0 Å². The number of nitrogen functional groups attached to an aromatic ring is 1. The highest BCUT2D eigenvalue weighted by Gasteiger charge is 2.38. The molecule has 0 radical (unpaired) electrons. The Hall–Kier alpha value is -2.31. The third kappa shape index (κ3) is 3.93. The average molecular weight is 258 g/mol. The van der Waals surface area contributed by atoms with Crippen LogP contribution in [0.3, 0.4) is 0 Å². The first kappa shape index (κ1) is 13.8. The van der Waals surface area contributed by atoms with E-state index < -0.39 is 12.1 Å². The third-order valence-corrected chi connectivity index (χ3v) is 1.89. The number of hydrogen-bond acceptors (Lipinski definition) is 3. The van der Waals surface area contributed by atoms with E-state index in [1.807, 2.05) is 30.3 Å². The topological polar surface area (TPSA) is 76.2 Å². The molecule has 0 amide bonds. The summed E-state index contributed by atoms with van der Waals surface area (Å²) < 4.78 is 31.7. The summed E-state index contributed by atoms with van der Waals surface area (Å²) in [4.78, 5) is 12.9. The van der Waals surface area contributed by atoms with Gasteiger partial charge in [0.1, 0.15) is 5.82 Å². The van der Waals surface area contributed by atoms with Crippen LogP contribution >= 0.6 is 0 Å². The fourth-order valence-corrected chi connectivity index (χ4v) is 1.10. The van der Waals surface area contributed by atoms with Gasteiger partial charge in [-0.05, 0) is 11.5 Å². The number of carbonyl (C=O) groups is 1. The van der Waals surface area contributed by atoms with Crippen LogP contribution in [-0.4, -0.2) is 22.2 Å². The molecule has 1 aromatic heterocycles. The predicted octanol–water partition coefficient (Wildman–Crippen LogP) is 2.45. The number of aliphatic carboxylic acids is 1. The van der Waals surface area contributed by atoms with Crippen molar-refractivity contribution in [3.8, 4) is 0 Å². The van der Waals surface area contributed by atoms with Gasteiger partial charge in [-0.25, -0.2) is 9.78 Å². The Morgan fingerprint density at radius 3 is 2.22 bits per heavy atom. The van der Waals surface area contributed by atoms with Crippen molar-refractivity contribution in [3.05, 3.63) is 36.5 Å². The molecule has 96 valence electrons. The minimum Gasteiger partial charge on any atom is -0.475 e. The van der Waals surface area contributed by atoms with Crippen molar-refractivity contribution in [2.75, 3.05) is 5.73 Å². The molecule has 0 saturated heterocycles. The molecule has 1 heterocycles. The molecule has 3 N–H and O–H groups in total. The van der Waals surface area contributed by atoms with Gasteiger partial charge in [0.05, 0.1) is 0 Å². The summed E-state index contributed by atoms with van der Waals surface area (Å²) in [5.41, 5.74) is 5.51. The normalized spacial score (nSPS) is 10.6. The van der Waals surface area contributed by atoms with Gasteiger partial charge >= 0.3 is 12.1 Å². The van der Waals surface area contributed by atoms with E-state index in [-0.39, 0.29) is 0 Å². The van der Waals surface area contributed by atoms with Crippen LogP contribution in [0.15, 0.2) is 36.5 Å². The Bertz CT molecular complexity index is 555. The molecule has 0 atom stereocenters. The molecule has 0 aliphatic rings. The summed E-state index contributed by atoms with van der Waals surface area (Å²) in [6.07, 6.45) is -3.30. The number of benzene rings is 1. The van der Waals surface area contributed by atoms with Crippen LogP contribution in [0.2, 0.25) is 0 Å². The first-order valence-electron chi connectivity index (χ1n) is 4.71. The van der Waals surface area contributed by atoms with E-state index in [1.54, 1.807) is 6.20 Å². The second kappa shape index (κ2) is 5.35. The highest BCUT2D eigenvalue weighted by molar-refractivity contribution is 5.83. The van der Waals surface area contributed by atoms with Crippen molar-refractivity contribution >= 4 is 22.6 Å². The molecular weight excluding hydrogens is 249 g/mol. The Labute approximate surface area is 99.9 Å². The van der Waals surface area contributed by atoms with Crippen molar-refractivity contribution < 1.29 is 23.1 Å². The lowest BCUT2D eigenvalue weighted by Gasteiger charge is -1.96. The lowest BCUT2D eigenvalue weighted by Crippen LogP contribution is -2.21. The quantitative estimate of drug-likeness (QED) is 0.761. The number of alkyl halides is 3. The van der Waals surface area contributed by atoms with Crippen LogP contribution < -0.4 is 5.73 Å². The summed E-state index contributed by atoms with van der Waals surface area (Å²) in [6.45, 7) is 0. The number of rotatable bonds is 0. The summed E-state index contributed by atoms with van der Waals surface area (Å²) in [6, 6.07) is 9.88. The molecule has 0 spiro atoms. The summed E-state index contributed by atoms with van der Waals surface area (Å²) in [5.74, 6) is -2.18. The summed E-state index contributed by atoms with van der Waals surface area (Å²) >= 11 is 0. The molecule has 0 fully saturated rings. The maximum Gasteiger partial charge on any atom is 0.490 e. The standard InChI is InChI=1S/C9H8N2.C2HF3O2/c10-9-5-7-3-1-2-4-8(7)6-11-9;3-2(4,5)1(6)7/h1-6H,(H2,10,11);(H,6,7). The molecule has 4 nitrogen and oxygen atoms in total. The fourth-order valence-electron chi connectivity index (χ4n) is 1.10. The Balaban J connectivity index is 0.000000203. The Kier molecular flexibility index (Phi) is 4.09. The monoisotopic (exact) mass is 258 g/mol. The molecule has 0 aliphatic heterocycles. The van der Waals surface area contributed by atoms with Crippen LogP contribution in [0.1, 0.15) is 0 Å². The van der Waals surface area contributed by atoms with Crippen molar-refractivity contribution in [1.82, 2.24) is 4.98 Å². The Morgan fingerprint density at radius 1 is 1.22 bits per heavy atom. The first-order chi connectivity index (χ1) is 8.30. The average Bonchev–Trinajstić information content (AvgIpc) is 2.28. The molecule has 0 saturated carbocycles. The molecule has 2 aromatic rings. The van der Waals surface area contributed by atoms with Crippen LogP contribution in [0.4, 0.5) is 19.0 Å². The lowest BCUT2D eigenvalue weighted by atomic mass is 10.2. The van der Waals surface area contributed by atoms with Crippen molar-refractivity contribution in [2.45, 2.75) is 6.18 Å². The number of hydrogen-bond donors (Lipinski definition) is 2. The number of carboxylic acids is 1. The van der Waals surface area contributed by atoms with Gasteiger partial charge in [0, 0.05) is 11.6 Å². The Morgan fingerprint density at radius 2 is 1.72 bits per heavy atom. The van der Waals surface area contributed by atoms with E-state index in [1.165, 1.54) is 0 Å². The molecule has 0 aliphatic carbocycles. The molecule has 2 rings (SSSR count). The largest absolute Gasteiger partial charge is 0.490 e. The minimum atomic E-state index is -5.08. The van der Waals surface area contributed by atoms with Crippen molar-refractivity contribution in [3.63, 3.8) is 0 Å². The zero-order valence-electron chi connectivity index (χ0n) is 8.98. The van der Waals surface area contributed by atoms with E-state index in [2.05, 4.69) is 4.98 Å². The number of carboxylic acid groups (broad SMARTS) is 1. The highest BCUT2D eigenvalue weighted by Crippen LogP contribution is 2.13. The predicted molar refractivity (Wildman–Crippen MR) is 59.8 cm³/mol. The fraction of sp³-hybridized carbons (Fsp3) is 0.0909. The lowest BCUT2D eigenvalue weighted by molar-refractivity contribution is -0.192. The van der Waals surface area contributed by atoms with Gasteiger partial charge in [-0.3, -0.25) is 0 Å². The maximum atomic E-state index is 10.6. The van der Waals surface area contributed by atoms with E-state index in [9.17, 15) is 13.2 Å². The number of fused-ring (bicyclic) bond motifs is 1. The first-order valence-corrected chi connectivity index (χ1v) is 4.71. The number of nitrogens with two attached hydrogens (primary N) is 1. The summed E-state index contributed by atoms with van der Waals surface area (Å²) in [7, 11) is 0. The highest BCUT2D eigenvalue weighted by atomic mass is 19.4. The van der Waals surface area contributed by atoms with Gasteiger partial charge < -0.3 is 10.8 Å². The van der Waals surface area contributed by atoms with Gasteiger partial charge in [-0.2, -0.15) is 13.2 Å². The van der Waals surface area contributed by atoms with Gasteiger partial charge in [-0.15, -0.1) is 0 Å². The minimum absolute atomic E-state index is 0.573. The number of pyridine rings is 1. The van der Waals surface area contributed by atoms with Crippen LogP contribution in [-0.2, 0) is 4.79 Å². The zero-order valence-corrected chi connectivity index (χ0v) is 8.98. The number of halogens is 3. The number of anilines is 1.